The van der Waals surface area contributed by atoms with Gasteiger partial charge in [0.25, 0.3) is 0 Å². The lowest BCUT2D eigenvalue weighted by molar-refractivity contribution is 0.0601. The van der Waals surface area contributed by atoms with Crippen molar-refractivity contribution < 1.29 is 33.6 Å². The lowest BCUT2D eigenvalue weighted by atomic mass is 9.89. The van der Waals surface area contributed by atoms with Crippen molar-refractivity contribution in [3.05, 3.63) is 96.1 Å². The lowest BCUT2D eigenvalue weighted by Gasteiger charge is -2.22. The maximum absolute atomic E-state index is 11.9. The van der Waals surface area contributed by atoms with Gasteiger partial charge in [-0.3, -0.25) is 0 Å². The van der Waals surface area contributed by atoms with Gasteiger partial charge < -0.3 is 28.8 Å². The number of hydrogen-bond donors (Lipinski definition) is 1. The fourth-order valence-electron chi connectivity index (χ4n) is 4.18. The molecule has 7 heteroatoms. The van der Waals surface area contributed by atoms with E-state index in [0.717, 1.165) is 45.1 Å². The first-order valence-electron chi connectivity index (χ1n) is 12.6. The number of ether oxygens (including phenoxy) is 5. The SMILES string of the molecule is COC(=O)c1ccc(OC)cc1-c1cccc(OC)c1.COc1cccc(-c2cc(OC)ccc2C(C)(C)O)c1. The lowest BCUT2D eigenvalue weighted by Crippen LogP contribution is -2.16. The van der Waals surface area contributed by atoms with E-state index in [1.807, 2.05) is 66.7 Å². The number of esters is 1. The third-order valence-electron chi connectivity index (χ3n) is 6.28. The van der Waals surface area contributed by atoms with Gasteiger partial charge in [-0.25, -0.2) is 4.79 Å². The molecule has 0 unspecified atom stereocenters. The summed E-state index contributed by atoms with van der Waals surface area (Å²) in [5, 5.41) is 10.3. The Labute approximate surface area is 235 Å². The highest BCUT2D eigenvalue weighted by molar-refractivity contribution is 5.97. The topological polar surface area (TPSA) is 83.5 Å². The van der Waals surface area contributed by atoms with Gasteiger partial charge >= 0.3 is 5.97 Å². The molecular weight excluding hydrogens is 508 g/mol. The molecule has 0 bridgehead atoms. The molecule has 0 saturated carbocycles. The Bertz CT molecular complexity index is 1440. The molecular formula is C33H36O7. The largest absolute Gasteiger partial charge is 0.497 e. The molecule has 0 aliphatic rings. The van der Waals surface area contributed by atoms with Crippen molar-refractivity contribution in [2.45, 2.75) is 19.4 Å². The first-order chi connectivity index (χ1) is 19.1. The van der Waals surface area contributed by atoms with Gasteiger partial charge in [0.2, 0.25) is 0 Å². The van der Waals surface area contributed by atoms with Gasteiger partial charge in [-0.1, -0.05) is 30.3 Å². The molecule has 0 aliphatic heterocycles. The number of rotatable bonds is 8. The van der Waals surface area contributed by atoms with Gasteiger partial charge in [0.15, 0.2) is 0 Å². The van der Waals surface area contributed by atoms with Crippen molar-refractivity contribution >= 4 is 5.97 Å². The molecule has 0 aromatic heterocycles. The minimum Gasteiger partial charge on any atom is -0.497 e. The normalized spacial score (nSPS) is 10.6. The Kier molecular flexibility index (Phi) is 10.2. The van der Waals surface area contributed by atoms with Crippen molar-refractivity contribution in [1.29, 1.82) is 0 Å². The second-order valence-electron chi connectivity index (χ2n) is 9.34. The Morgan fingerprint density at radius 1 is 0.600 bits per heavy atom. The summed E-state index contributed by atoms with van der Waals surface area (Å²) in [6.45, 7) is 3.55. The van der Waals surface area contributed by atoms with Crippen molar-refractivity contribution in [2.24, 2.45) is 0 Å². The van der Waals surface area contributed by atoms with Gasteiger partial charge in [0.1, 0.15) is 23.0 Å². The van der Waals surface area contributed by atoms with Gasteiger partial charge in [-0.05, 0) is 96.3 Å². The average Bonchev–Trinajstić information content (AvgIpc) is 2.99. The first-order valence-corrected chi connectivity index (χ1v) is 12.6. The van der Waals surface area contributed by atoms with Crippen LogP contribution in [0.1, 0.15) is 29.8 Å². The van der Waals surface area contributed by atoms with Crippen LogP contribution in [0.4, 0.5) is 0 Å². The molecule has 0 amide bonds. The summed E-state index contributed by atoms with van der Waals surface area (Å²) in [4.78, 5) is 11.9. The number of carbonyl (C=O) groups is 1. The zero-order chi connectivity index (χ0) is 29.3. The van der Waals surface area contributed by atoms with Crippen molar-refractivity contribution in [2.75, 3.05) is 35.5 Å². The van der Waals surface area contributed by atoms with E-state index in [0.29, 0.717) is 11.3 Å². The van der Waals surface area contributed by atoms with Crippen LogP contribution >= 0.6 is 0 Å². The summed E-state index contributed by atoms with van der Waals surface area (Å²) in [5.41, 5.74) is 3.95. The molecule has 7 nitrogen and oxygen atoms in total. The van der Waals surface area contributed by atoms with E-state index in [-0.39, 0.29) is 5.97 Å². The molecule has 0 heterocycles. The third kappa shape index (κ3) is 7.33. The standard InChI is InChI=1S/C17H20O3.C16H16O4/c1-17(2,18)16-9-8-14(20-4)11-15(16)12-6-5-7-13(10-12)19-3;1-18-12-6-4-5-11(9-12)15-10-13(19-2)7-8-14(15)16(17)20-3/h5-11,18H,1-4H3;4-10H,1-3H3. The van der Waals surface area contributed by atoms with E-state index >= 15 is 0 Å². The highest BCUT2D eigenvalue weighted by Gasteiger charge is 2.21. The Morgan fingerprint density at radius 2 is 1.05 bits per heavy atom. The minimum atomic E-state index is -0.926. The summed E-state index contributed by atoms with van der Waals surface area (Å²) < 4.78 is 25.8. The molecule has 0 saturated heterocycles. The molecule has 0 atom stereocenters. The summed E-state index contributed by atoms with van der Waals surface area (Å²) in [6, 6.07) is 26.2. The fraction of sp³-hybridized carbons (Fsp3) is 0.242. The zero-order valence-corrected chi connectivity index (χ0v) is 24.0. The third-order valence-corrected chi connectivity index (χ3v) is 6.28. The smallest absolute Gasteiger partial charge is 0.338 e. The summed E-state index contributed by atoms with van der Waals surface area (Å²) >= 11 is 0. The van der Waals surface area contributed by atoms with E-state index in [4.69, 9.17) is 23.7 Å². The first kappa shape index (κ1) is 30.1. The van der Waals surface area contributed by atoms with E-state index in [9.17, 15) is 9.90 Å². The number of benzene rings is 4. The van der Waals surface area contributed by atoms with E-state index in [1.54, 1.807) is 60.5 Å². The molecule has 210 valence electrons. The van der Waals surface area contributed by atoms with Crippen LogP contribution in [0.5, 0.6) is 23.0 Å². The predicted octanol–water partition coefficient (Wildman–Crippen LogP) is 6.76. The molecule has 4 rings (SSSR count). The summed E-state index contributed by atoms with van der Waals surface area (Å²) in [5.74, 6) is 2.56. The van der Waals surface area contributed by atoms with Crippen LogP contribution < -0.4 is 18.9 Å². The summed E-state index contributed by atoms with van der Waals surface area (Å²) in [7, 11) is 7.83. The number of carbonyl (C=O) groups excluding carboxylic acids is 1. The Morgan fingerprint density at radius 3 is 1.52 bits per heavy atom. The molecule has 4 aromatic carbocycles. The molecule has 40 heavy (non-hydrogen) atoms. The second-order valence-corrected chi connectivity index (χ2v) is 9.34. The van der Waals surface area contributed by atoms with Crippen molar-refractivity contribution in [3.8, 4) is 45.3 Å². The predicted molar refractivity (Wildman–Crippen MR) is 157 cm³/mol. The monoisotopic (exact) mass is 544 g/mol. The zero-order valence-electron chi connectivity index (χ0n) is 24.0. The number of methoxy groups -OCH3 is 5. The van der Waals surface area contributed by atoms with Crippen LogP contribution in [0.25, 0.3) is 22.3 Å². The molecule has 0 fully saturated rings. The van der Waals surface area contributed by atoms with Crippen LogP contribution in [-0.2, 0) is 10.3 Å². The number of hydrogen-bond acceptors (Lipinski definition) is 7. The summed E-state index contributed by atoms with van der Waals surface area (Å²) in [6.07, 6.45) is 0. The Balaban J connectivity index is 0.000000220. The van der Waals surface area contributed by atoms with Crippen LogP contribution in [0.2, 0.25) is 0 Å². The van der Waals surface area contributed by atoms with E-state index in [2.05, 4.69) is 0 Å². The van der Waals surface area contributed by atoms with Crippen LogP contribution in [-0.4, -0.2) is 46.6 Å². The van der Waals surface area contributed by atoms with Gasteiger partial charge in [0, 0.05) is 0 Å². The highest BCUT2D eigenvalue weighted by Crippen LogP contribution is 2.36. The van der Waals surface area contributed by atoms with Crippen LogP contribution in [0.15, 0.2) is 84.9 Å². The van der Waals surface area contributed by atoms with E-state index < -0.39 is 5.60 Å². The maximum Gasteiger partial charge on any atom is 0.338 e. The van der Waals surface area contributed by atoms with Crippen molar-refractivity contribution in [3.63, 3.8) is 0 Å². The van der Waals surface area contributed by atoms with Gasteiger partial charge in [-0.15, -0.1) is 0 Å². The maximum atomic E-state index is 11.9. The molecule has 4 aromatic rings. The van der Waals surface area contributed by atoms with Gasteiger partial charge in [-0.2, -0.15) is 0 Å². The van der Waals surface area contributed by atoms with E-state index in [1.165, 1.54) is 7.11 Å². The van der Waals surface area contributed by atoms with Crippen LogP contribution in [0.3, 0.4) is 0 Å². The quantitative estimate of drug-likeness (QED) is 0.246. The van der Waals surface area contributed by atoms with Gasteiger partial charge in [0.05, 0.1) is 46.7 Å². The minimum absolute atomic E-state index is 0.384. The Hall–Kier alpha value is -4.49. The number of aliphatic hydroxyl groups is 1. The highest BCUT2D eigenvalue weighted by atomic mass is 16.5. The van der Waals surface area contributed by atoms with Crippen molar-refractivity contribution in [1.82, 2.24) is 0 Å². The van der Waals surface area contributed by atoms with Crippen LogP contribution in [0, 0.1) is 0 Å². The molecule has 1 N–H and O–H groups in total. The molecule has 0 aliphatic carbocycles. The fourth-order valence-corrected chi connectivity index (χ4v) is 4.18. The molecule has 0 spiro atoms. The second kappa shape index (κ2) is 13.5. The molecule has 0 radical (unpaired) electrons. The average molecular weight is 545 g/mol.